The van der Waals surface area contributed by atoms with E-state index in [4.69, 9.17) is 16.3 Å². The average Bonchev–Trinajstić information content (AvgIpc) is 2.60. The highest BCUT2D eigenvalue weighted by atomic mass is 35.5. The first-order chi connectivity index (χ1) is 13.1. The summed E-state index contributed by atoms with van der Waals surface area (Å²) in [7, 11) is -3.70. The van der Waals surface area contributed by atoms with Crippen molar-refractivity contribution in [1.29, 1.82) is 0 Å². The first-order valence-electron chi connectivity index (χ1n) is 8.42. The van der Waals surface area contributed by atoms with Crippen LogP contribution in [-0.4, -0.2) is 39.7 Å². The summed E-state index contributed by atoms with van der Waals surface area (Å²) < 4.78 is 30.2. The molecular formula is C19H21ClN2O5S. The van der Waals surface area contributed by atoms with Gasteiger partial charge >= 0.3 is 5.97 Å². The topological polar surface area (TPSA) is 92.8 Å². The van der Waals surface area contributed by atoms with E-state index in [2.05, 4.69) is 5.32 Å². The highest BCUT2D eigenvalue weighted by molar-refractivity contribution is 7.92. The number of nitrogens with one attached hydrogen (secondary N) is 1. The summed E-state index contributed by atoms with van der Waals surface area (Å²) in [6, 6.07) is 10.9. The number of benzene rings is 2. The second-order valence-electron chi connectivity index (χ2n) is 6.05. The third-order valence-corrected chi connectivity index (χ3v) is 5.17. The van der Waals surface area contributed by atoms with Crippen LogP contribution in [0.5, 0.6) is 0 Å². The monoisotopic (exact) mass is 424 g/mol. The molecule has 0 aromatic heterocycles. The highest BCUT2D eigenvalue weighted by Crippen LogP contribution is 2.22. The summed E-state index contributed by atoms with van der Waals surface area (Å²) in [5, 5.41) is 3.02. The van der Waals surface area contributed by atoms with E-state index < -0.39 is 28.4 Å². The minimum Gasteiger partial charge on any atom is -0.462 e. The lowest BCUT2D eigenvalue weighted by molar-refractivity contribution is -0.114. The lowest BCUT2D eigenvalue weighted by Crippen LogP contribution is -2.37. The van der Waals surface area contributed by atoms with Gasteiger partial charge in [-0.1, -0.05) is 17.7 Å². The number of hydrogen-bond acceptors (Lipinski definition) is 5. The smallest absolute Gasteiger partial charge is 0.338 e. The van der Waals surface area contributed by atoms with Crippen LogP contribution < -0.4 is 9.62 Å². The van der Waals surface area contributed by atoms with Gasteiger partial charge in [-0.05, 0) is 55.8 Å². The Morgan fingerprint density at radius 2 is 1.89 bits per heavy atom. The minimum atomic E-state index is -3.70. The van der Waals surface area contributed by atoms with Gasteiger partial charge in [-0.25, -0.2) is 13.2 Å². The molecule has 0 radical (unpaired) electrons. The van der Waals surface area contributed by atoms with E-state index in [1.807, 2.05) is 0 Å². The summed E-state index contributed by atoms with van der Waals surface area (Å²) in [6.45, 7) is 3.29. The molecule has 0 saturated heterocycles. The number of hydrogen-bond donors (Lipinski definition) is 1. The Labute approximate surface area is 169 Å². The molecule has 2 aromatic rings. The van der Waals surface area contributed by atoms with Crippen LogP contribution in [0.3, 0.4) is 0 Å². The zero-order chi connectivity index (χ0) is 20.9. The van der Waals surface area contributed by atoms with E-state index in [-0.39, 0.29) is 6.61 Å². The largest absolute Gasteiger partial charge is 0.462 e. The van der Waals surface area contributed by atoms with Gasteiger partial charge in [0.05, 0.1) is 24.1 Å². The molecule has 0 aliphatic carbocycles. The average molecular weight is 425 g/mol. The normalized spacial score (nSPS) is 11.0. The van der Waals surface area contributed by atoms with E-state index in [0.717, 1.165) is 10.6 Å². The molecule has 2 aromatic carbocycles. The van der Waals surface area contributed by atoms with Gasteiger partial charge in [-0.2, -0.15) is 0 Å². The van der Waals surface area contributed by atoms with Gasteiger partial charge in [0.15, 0.2) is 0 Å². The SMILES string of the molecule is CCOC(=O)c1ccc(NC(=O)CN(c2cccc(Cl)c2)S(C)(=O)=O)c(C)c1. The van der Waals surface area contributed by atoms with Crippen molar-refractivity contribution in [3.05, 3.63) is 58.6 Å². The van der Waals surface area contributed by atoms with E-state index in [1.165, 1.54) is 12.1 Å². The molecule has 0 saturated carbocycles. The van der Waals surface area contributed by atoms with Crippen LogP contribution in [0.1, 0.15) is 22.8 Å². The summed E-state index contributed by atoms with van der Waals surface area (Å²) in [5.74, 6) is -0.981. The standard InChI is InChI=1S/C19H21ClN2O5S/c1-4-27-19(24)14-8-9-17(13(2)10-14)21-18(23)12-22(28(3,25)26)16-7-5-6-15(20)11-16/h5-11H,4,12H2,1-3H3,(H,21,23). The number of carbonyl (C=O) groups excluding carboxylic acids is 2. The Bertz CT molecular complexity index is 992. The number of ether oxygens (including phenoxy) is 1. The van der Waals surface area contributed by atoms with E-state index in [1.54, 1.807) is 44.2 Å². The summed E-state index contributed by atoms with van der Waals surface area (Å²) in [5.41, 5.74) is 1.78. The number of sulfonamides is 1. The number of amides is 1. The van der Waals surface area contributed by atoms with Gasteiger partial charge in [-0.15, -0.1) is 0 Å². The first kappa shape index (κ1) is 21.7. The van der Waals surface area contributed by atoms with Crippen LogP contribution in [0.2, 0.25) is 5.02 Å². The van der Waals surface area contributed by atoms with Crippen molar-refractivity contribution in [2.75, 3.05) is 29.0 Å². The van der Waals surface area contributed by atoms with Gasteiger partial charge in [0.2, 0.25) is 15.9 Å². The van der Waals surface area contributed by atoms with Gasteiger partial charge in [-0.3, -0.25) is 9.10 Å². The lowest BCUT2D eigenvalue weighted by atomic mass is 10.1. The molecule has 0 atom stereocenters. The number of rotatable bonds is 7. The van der Waals surface area contributed by atoms with E-state index in [9.17, 15) is 18.0 Å². The second kappa shape index (κ2) is 9.07. The van der Waals surface area contributed by atoms with Crippen LogP contribution in [0.25, 0.3) is 0 Å². The lowest BCUT2D eigenvalue weighted by Gasteiger charge is -2.22. The van der Waals surface area contributed by atoms with E-state index in [0.29, 0.717) is 27.5 Å². The Kier molecular flexibility index (Phi) is 7.04. The van der Waals surface area contributed by atoms with Crippen LogP contribution in [-0.2, 0) is 19.6 Å². The number of halogens is 1. The molecule has 0 bridgehead atoms. The van der Waals surface area contributed by atoms with Crippen molar-refractivity contribution in [3.63, 3.8) is 0 Å². The van der Waals surface area contributed by atoms with E-state index >= 15 is 0 Å². The van der Waals surface area contributed by atoms with Gasteiger partial charge in [0.1, 0.15) is 6.54 Å². The third kappa shape index (κ3) is 5.71. The number of esters is 1. The molecule has 7 nitrogen and oxygen atoms in total. The molecule has 9 heteroatoms. The number of aryl methyl sites for hydroxylation is 1. The second-order valence-corrected chi connectivity index (χ2v) is 8.39. The van der Waals surface area contributed by atoms with Crippen LogP contribution in [0.4, 0.5) is 11.4 Å². The number of carbonyl (C=O) groups is 2. The van der Waals surface area contributed by atoms with Gasteiger partial charge < -0.3 is 10.1 Å². The maximum absolute atomic E-state index is 12.5. The number of nitrogens with zero attached hydrogens (tertiary/aromatic N) is 1. The fourth-order valence-corrected chi connectivity index (χ4v) is 3.53. The molecular weight excluding hydrogens is 404 g/mol. The summed E-state index contributed by atoms with van der Waals surface area (Å²) in [4.78, 5) is 24.2. The third-order valence-electron chi connectivity index (χ3n) is 3.80. The van der Waals surface area contributed by atoms with Crippen molar-refractivity contribution < 1.29 is 22.7 Å². The molecule has 0 fully saturated rings. The van der Waals surface area contributed by atoms with Crippen molar-refractivity contribution >= 4 is 44.9 Å². The molecule has 0 heterocycles. The quantitative estimate of drug-likeness (QED) is 0.689. The zero-order valence-corrected chi connectivity index (χ0v) is 17.3. The zero-order valence-electron chi connectivity index (χ0n) is 15.7. The van der Waals surface area contributed by atoms with Crippen LogP contribution in [0, 0.1) is 6.92 Å². The molecule has 1 N–H and O–H groups in total. The molecule has 0 unspecified atom stereocenters. The highest BCUT2D eigenvalue weighted by Gasteiger charge is 2.21. The van der Waals surface area contributed by atoms with Crippen molar-refractivity contribution in [2.45, 2.75) is 13.8 Å². The first-order valence-corrected chi connectivity index (χ1v) is 10.7. The molecule has 1 amide bonds. The Morgan fingerprint density at radius 1 is 1.18 bits per heavy atom. The molecule has 28 heavy (non-hydrogen) atoms. The summed E-state index contributed by atoms with van der Waals surface area (Å²) >= 11 is 5.93. The summed E-state index contributed by atoms with van der Waals surface area (Å²) in [6.07, 6.45) is 1.01. The Balaban J connectivity index is 2.18. The van der Waals surface area contributed by atoms with Crippen molar-refractivity contribution in [1.82, 2.24) is 0 Å². The molecule has 0 spiro atoms. The predicted octanol–water partition coefficient (Wildman–Crippen LogP) is 3.23. The Hall–Kier alpha value is -2.58. The van der Waals surface area contributed by atoms with Crippen LogP contribution in [0.15, 0.2) is 42.5 Å². The van der Waals surface area contributed by atoms with Crippen LogP contribution >= 0.6 is 11.6 Å². The fourth-order valence-electron chi connectivity index (χ4n) is 2.50. The minimum absolute atomic E-state index is 0.265. The maximum Gasteiger partial charge on any atom is 0.338 e. The number of anilines is 2. The Morgan fingerprint density at radius 3 is 2.46 bits per heavy atom. The van der Waals surface area contributed by atoms with Crippen molar-refractivity contribution in [3.8, 4) is 0 Å². The van der Waals surface area contributed by atoms with Crippen molar-refractivity contribution in [2.24, 2.45) is 0 Å². The maximum atomic E-state index is 12.5. The van der Waals surface area contributed by atoms with Gasteiger partial charge in [0, 0.05) is 10.7 Å². The predicted molar refractivity (Wildman–Crippen MR) is 109 cm³/mol. The fraction of sp³-hybridized carbons (Fsp3) is 0.263. The molecule has 0 aliphatic heterocycles. The molecule has 150 valence electrons. The van der Waals surface area contributed by atoms with Gasteiger partial charge in [0.25, 0.3) is 0 Å². The molecule has 0 aliphatic rings. The molecule has 2 rings (SSSR count).